The van der Waals surface area contributed by atoms with Crippen molar-refractivity contribution in [3.8, 4) is 0 Å². The van der Waals surface area contributed by atoms with E-state index in [9.17, 15) is 8.42 Å². The third-order valence-corrected chi connectivity index (χ3v) is 2.94. The fourth-order valence-corrected chi connectivity index (χ4v) is 2.55. The molecule has 12 heavy (non-hydrogen) atoms. The smallest absolute Gasteiger partial charge is 0.214 e. The lowest BCUT2D eigenvalue weighted by molar-refractivity contribution is 0.597. The SMILES string of the molecule is CCc1nnsc1CS(N)(=O)=O. The summed E-state index contributed by atoms with van der Waals surface area (Å²) in [7, 11) is -3.45. The van der Waals surface area contributed by atoms with Crippen LogP contribution >= 0.6 is 11.5 Å². The van der Waals surface area contributed by atoms with Gasteiger partial charge >= 0.3 is 0 Å². The number of sulfonamides is 1. The molecule has 0 spiro atoms. The molecule has 0 unspecified atom stereocenters. The summed E-state index contributed by atoms with van der Waals surface area (Å²) in [4.78, 5) is 0.639. The van der Waals surface area contributed by atoms with Crippen LogP contribution in [0.1, 0.15) is 17.5 Å². The van der Waals surface area contributed by atoms with Gasteiger partial charge in [0.2, 0.25) is 10.0 Å². The van der Waals surface area contributed by atoms with Gasteiger partial charge in [0.25, 0.3) is 0 Å². The minimum atomic E-state index is -3.45. The van der Waals surface area contributed by atoms with E-state index in [1.165, 1.54) is 0 Å². The number of rotatable bonds is 3. The van der Waals surface area contributed by atoms with Gasteiger partial charge < -0.3 is 0 Å². The van der Waals surface area contributed by atoms with Gasteiger partial charge in [-0.25, -0.2) is 13.6 Å². The van der Waals surface area contributed by atoms with Crippen molar-refractivity contribution in [1.29, 1.82) is 0 Å². The molecular formula is C5H9N3O2S2. The zero-order valence-corrected chi connectivity index (χ0v) is 8.15. The molecule has 1 aromatic rings. The van der Waals surface area contributed by atoms with E-state index in [0.717, 1.165) is 11.5 Å². The van der Waals surface area contributed by atoms with Crippen LogP contribution in [0.2, 0.25) is 0 Å². The molecule has 7 heteroatoms. The Labute approximate surface area is 74.8 Å². The third-order valence-electron chi connectivity index (χ3n) is 1.30. The van der Waals surface area contributed by atoms with Gasteiger partial charge in [-0.3, -0.25) is 0 Å². The summed E-state index contributed by atoms with van der Waals surface area (Å²) >= 11 is 1.08. The van der Waals surface area contributed by atoms with E-state index in [4.69, 9.17) is 5.14 Å². The second-order valence-corrected chi connectivity index (χ2v) is 4.76. The van der Waals surface area contributed by atoms with Crippen LogP contribution in [0.4, 0.5) is 0 Å². The Bertz CT molecular complexity index is 357. The van der Waals surface area contributed by atoms with E-state index in [-0.39, 0.29) is 5.75 Å². The Morgan fingerprint density at radius 3 is 2.75 bits per heavy atom. The van der Waals surface area contributed by atoms with Crippen molar-refractivity contribution < 1.29 is 8.42 Å². The van der Waals surface area contributed by atoms with Gasteiger partial charge in [-0.05, 0) is 18.0 Å². The molecule has 68 valence electrons. The van der Waals surface area contributed by atoms with Crippen molar-refractivity contribution in [2.45, 2.75) is 19.1 Å². The van der Waals surface area contributed by atoms with Gasteiger partial charge in [0.05, 0.1) is 10.6 Å². The van der Waals surface area contributed by atoms with Crippen molar-refractivity contribution in [1.82, 2.24) is 9.59 Å². The summed E-state index contributed by atoms with van der Waals surface area (Å²) in [6.07, 6.45) is 0.682. The average molecular weight is 207 g/mol. The van der Waals surface area contributed by atoms with E-state index in [0.29, 0.717) is 17.0 Å². The number of aryl methyl sites for hydroxylation is 1. The lowest BCUT2D eigenvalue weighted by Crippen LogP contribution is -2.14. The highest BCUT2D eigenvalue weighted by atomic mass is 32.2. The van der Waals surface area contributed by atoms with E-state index in [2.05, 4.69) is 9.59 Å². The molecule has 0 saturated carbocycles. The highest BCUT2D eigenvalue weighted by Gasteiger charge is 2.12. The molecule has 0 aliphatic heterocycles. The minimum absolute atomic E-state index is 0.159. The number of nitrogens with zero attached hydrogens (tertiary/aromatic N) is 2. The molecule has 0 aliphatic carbocycles. The molecule has 1 heterocycles. The Kier molecular flexibility index (Phi) is 2.76. The Balaban J connectivity index is 2.89. The zero-order chi connectivity index (χ0) is 9.19. The maximum atomic E-state index is 10.7. The molecule has 1 aromatic heterocycles. The highest BCUT2D eigenvalue weighted by Crippen LogP contribution is 2.13. The first kappa shape index (κ1) is 9.56. The number of nitrogens with two attached hydrogens (primary N) is 1. The number of hydrogen-bond donors (Lipinski definition) is 1. The molecule has 1 rings (SSSR count). The quantitative estimate of drug-likeness (QED) is 0.749. The first-order valence-corrected chi connectivity index (χ1v) is 5.82. The third kappa shape index (κ3) is 2.50. The first-order valence-electron chi connectivity index (χ1n) is 3.33. The van der Waals surface area contributed by atoms with Crippen LogP contribution < -0.4 is 5.14 Å². The van der Waals surface area contributed by atoms with E-state index in [1.54, 1.807) is 0 Å². The molecule has 0 aliphatic rings. The summed E-state index contributed by atoms with van der Waals surface area (Å²) in [5.74, 6) is -0.159. The van der Waals surface area contributed by atoms with Crippen LogP contribution in [0.25, 0.3) is 0 Å². The Morgan fingerprint density at radius 1 is 1.58 bits per heavy atom. The minimum Gasteiger partial charge on any atom is -0.228 e. The van der Waals surface area contributed by atoms with Crippen LogP contribution in [0.5, 0.6) is 0 Å². The van der Waals surface area contributed by atoms with Gasteiger partial charge in [0.1, 0.15) is 5.75 Å². The summed E-state index contributed by atoms with van der Waals surface area (Å²) in [5, 5.41) is 8.64. The molecule has 0 fully saturated rings. The summed E-state index contributed by atoms with van der Waals surface area (Å²) in [5.41, 5.74) is 0.717. The highest BCUT2D eigenvalue weighted by molar-refractivity contribution is 7.88. The maximum Gasteiger partial charge on any atom is 0.214 e. The summed E-state index contributed by atoms with van der Waals surface area (Å²) in [6.45, 7) is 1.89. The van der Waals surface area contributed by atoms with Crippen molar-refractivity contribution in [2.75, 3.05) is 0 Å². The van der Waals surface area contributed by atoms with Crippen molar-refractivity contribution in [2.24, 2.45) is 5.14 Å². The van der Waals surface area contributed by atoms with E-state index in [1.807, 2.05) is 6.92 Å². The molecule has 0 bridgehead atoms. The normalized spacial score (nSPS) is 11.8. The number of aromatic nitrogens is 2. The summed E-state index contributed by atoms with van der Waals surface area (Å²) < 4.78 is 25.0. The largest absolute Gasteiger partial charge is 0.228 e. The lowest BCUT2D eigenvalue weighted by Gasteiger charge is -1.94. The molecule has 0 aromatic carbocycles. The second kappa shape index (κ2) is 3.46. The average Bonchev–Trinajstić information content (AvgIpc) is 2.31. The zero-order valence-electron chi connectivity index (χ0n) is 6.52. The Hall–Kier alpha value is -0.530. The standard InChI is InChI=1S/C5H9N3O2S2/c1-2-4-5(11-8-7-4)3-12(6,9)10/h2-3H2,1H3,(H2,6,9,10). The molecule has 2 N–H and O–H groups in total. The predicted octanol–water partition coefficient (Wildman–Crippen LogP) is -0.111. The van der Waals surface area contributed by atoms with Gasteiger partial charge in [0, 0.05) is 0 Å². The monoisotopic (exact) mass is 207 g/mol. The van der Waals surface area contributed by atoms with Crippen molar-refractivity contribution in [3.05, 3.63) is 10.6 Å². The number of primary sulfonamides is 1. The molecule has 0 atom stereocenters. The van der Waals surface area contributed by atoms with E-state index >= 15 is 0 Å². The van der Waals surface area contributed by atoms with Gasteiger partial charge in [-0.1, -0.05) is 11.4 Å². The second-order valence-electron chi connectivity index (χ2n) is 2.30. The fraction of sp³-hybridized carbons (Fsp3) is 0.600. The molecule has 0 radical (unpaired) electrons. The molecular weight excluding hydrogens is 198 g/mol. The predicted molar refractivity (Wildman–Crippen MR) is 46.1 cm³/mol. The van der Waals surface area contributed by atoms with Crippen molar-refractivity contribution in [3.63, 3.8) is 0 Å². The fourth-order valence-electron chi connectivity index (χ4n) is 0.788. The first-order chi connectivity index (χ1) is 5.53. The topological polar surface area (TPSA) is 85.9 Å². The van der Waals surface area contributed by atoms with Crippen LogP contribution in [0, 0.1) is 0 Å². The lowest BCUT2D eigenvalue weighted by atomic mass is 10.3. The van der Waals surface area contributed by atoms with Gasteiger partial charge in [-0.2, -0.15) is 0 Å². The van der Waals surface area contributed by atoms with E-state index < -0.39 is 10.0 Å². The molecule has 0 saturated heterocycles. The van der Waals surface area contributed by atoms with Gasteiger partial charge in [-0.15, -0.1) is 5.10 Å². The number of hydrogen-bond acceptors (Lipinski definition) is 5. The maximum absolute atomic E-state index is 10.7. The van der Waals surface area contributed by atoms with Crippen molar-refractivity contribution >= 4 is 21.6 Å². The summed E-state index contributed by atoms with van der Waals surface area (Å²) in [6, 6.07) is 0. The molecule has 5 nitrogen and oxygen atoms in total. The van der Waals surface area contributed by atoms with Crippen LogP contribution in [-0.4, -0.2) is 18.0 Å². The van der Waals surface area contributed by atoms with Crippen LogP contribution in [0.15, 0.2) is 0 Å². The van der Waals surface area contributed by atoms with Gasteiger partial charge in [0.15, 0.2) is 0 Å². The van der Waals surface area contributed by atoms with Crippen LogP contribution in [-0.2, 0) is 22.2 Å². The Morgan fingerprint density at radius 2 is 2.25 bits per heavy atom. The van der Waals surface area contributed by atoms with Crippen LogP contribution in [0.3, 0.4) is 0 Å². The molecule has 0 amide bonds.